The Balaban J connectivity index is 1.82. The SMILES string of the molecule is O=C(Cn1ccccc1=O)N1CCNCC1c1cccc(Cl)c1. The summed E-state index contributed by atoms with van der Waals surface area (Å²) in [6.45, 7) is 2.08. The van der Waals surface area contributed by atoms with E-state index in [1.54, 1.807) is 18.3 Å². The number of hydrogen-bond acceptors (Lipinski definition) is 3. The molecule has 1 amide bonds. The van der Waals surface area contributed by atoms with E-state index in [2.05, 4.69) is 5.32 Å². The van der Waals surface area contributed by atoms with Crippen molar-refractivity contribution in [2.75, 3.05) is 19.6 Å². The van der Waals surface area contributed by atoms with Gasteiger partial charge in [-0.3, -0.25) is 9.59 Å². The van der Waals surface area contributed by atoms with E-state index in [1.807, 2.05) is 29.2 Å². The van der Waals surface area contributed by atoms with Gasteiger partial charge in [-0.1, -0.05) is 29.8 Å². The molecule has 0 aliphatic carbocycles. The number of carbonyl (C=O) groups excluding carboxylic acids is 1. The lowest BCUT2D eigenvalue weighted by Crippen LogP contribution is -2.50. The van der Waals surface area contributed by atoms with E-state index in [-0.39, 0.29) is 24.1 Å². The molecule has 6 heteroatoms. The van der Waals surface area contributed by atoms with Crippen LogP contribution in [0.15, 0.2) is 53.5 Å². The van der Waals surface area contributed by atoms with E-state index in [9.17, 15) is 9.59 Å². The molecular formula is C17H18ClN3O2. The van der Waals surface area contributed by atoms with Gasteiger partial charge in [0.05, 0.1) is 6.04 Å². The lowest BCUT2D eigenvalue weighted by Gasteiger charge is -2.36. The largest absolute Gasteiger partial charge is 0.332 e. The van der Waals surface area contributed by atoms with Gasteiger partial charge in [0.1, 0.15) is 6.54 Å². The van der Waals surface area contributed by atoms with E-state index in [0.29, 0.717) is 18.1 Å². The molecule has 1 aliphatic heterocycles. The predicted octanol–water partition coefficient (Wildman–Crippen LogP) is 1.67. The first-order valence-electron chi connectivity index (χ1n) is 7.56. The van der Waals surface area contributed by atoms with Crippen LogP contribution in [0.25, 0.3) is 0 Å². The molecule has 1 aromatic carbocycles. The highest BCUT2D eigenvalue weighted by molar-refractivity contribution is 6.30. The van der Waals surface area contributed by atoms with Gasteiger partial charge in [0.2, 0.25) is 5.91 Å². The molecule has 2 aromatic rings. The Morgan fingerprint density at radius 1 is 1.26 bits per heavy atom. The van der Waals surface area contributed by atoms with Gasteiger partial charge in [0, 0.05) is 36.9 Å². The zero-order chi connectivity index (χ0) is 16.2. The Kier molecular flexibility index (Phi) is 4.79. The fourth-order valence-corrected chi connectivity index (χ4v) is 3.04. The Morgan fingerprint density at radius 3 is 2.91 bits per heavy atom. The van der Waals surface area contributed by atoms with Crippen LogP contribution in [0.3, 0.4) is 0 Å². The van der Waals surface area contributed by atoms with Gasteiger partial charge in [-0.2, -0.15) is 0 Å². The van der Waals surface area contributed by atoms with Crippen LogP contribution in [0.4, 0.5) is 0 Å². The van der Waals surface area contributed by atoms with Crippen molar-refractivity contribution < 1.29 is 4.79 Å². The third-order valence-corrected chi connectivity index (χ3v) is 4.24. The molecule has 1 saturated heterocycles. The third kappa shape index (κ3) is 3.63. The summed E-state index contributed by atoms with van der Waals surface area (Å²) in [6, 6.07) is 12.4. The molecule has 0 radical (unpaired) electrons. The van der Waals surface area contributed by atoms with Crippen LogP contribution in [0.1, 0.15) is 11.6 Å². The van der Waals surface area contributed by atoms with E-state index < -0.39 is 0 Å². The molecule has 0 bridgehead atoms. The van der Waals surface area contributed by atoms with Crippen LogP contribution in [0.2, 0.25) is 5.02 Å². The topological polar surface area (TPSA) is 54.3 Å². The monoisotopic (exact) mass is 331 g/mol. The molecule has 3 rings (SSSR count). The number of nitrogens with one attached hydrogen (secondary N) is 1. The van der Waals surface area contributed by atoms with Crippen LogP contribution < -0.4 is 10.9 Å². The van der Waals surface area contributed by atoms with Crippen molar-refractivity contribution in [2.45, 2.75) is 12.6 Å². The molecule has 1 N–H and O–H groups in total. The zero-order valence-electron chi connectivity index (χ0n) is 12.6. The zero-order valence-corrected chi connectivity index (χ0v) is 13.4. The number of hydrogen-bond donors (Lipinski definition) is 1. The van der Waals surface area contributed by atoms with Gasteiger partial charge >= 0.3 is 0 Å². The maximum absolute atomic E-state index is 12.7. The molecule has 1 aliphatic rings. The maximum atomic E-state index is 12.7. The lowest BCUT2D eigenvalue weighted by atomic mass is 10.0. The number of carbonyl (C=O) groups is 1. The number of rotatable bonds is 3. The maximum Gasteiger partial charge on any atom is 0.250 e. The van der Waals surface area contributed by atoms with Gasteiger partial charge in [-0.05, 0) is 23.8 Å². The smallest absolute Gasteiger partial charge is 0.250 e. The minimum absolute atomic E-state index is 0.0523. The van der Waals surface area contributed by atoms with Gasteiger partial charge in [-0.15, -0.1) is 0 Å². The van der Waals surface area contributed by atoms with Crippen LogP contribution in [-0.2, 0) is 11.3 Å². The molecule has 1 fully saturated rings. The van der Waals surface area contributed by atoms with Crippen LogP contribution in [0.5, 0.6) is 0 Å². The molecule has 23 heavy (non-hydrogen) atoms. The first-order valence-corrected chi connectivity index (χ1v) is 7.94. The van der Waals surface area contributed by atoms with Crippen LogP contribution >= 0.6 is 11.6 Å². The summed E-state index contributed by atoms with van der Waals surface area (Å²) in [6.07, 6.45) is 1.64. The average Bonchev–Trinajstić information content (AvgIpc) is 2.57. The number of amides is 1. The molecular weight excluding hydrogens is 314 g/mol. The quantitative estimate of drug-likeness (QED) is 0.931. The molecule has 1 unspecified atom stereocenters. The highest BCUT2D eigenvalue weighted by Gasteiger charge is 2.28. The first kappa shape index (κ1) is 15.8. The highest BCUT2D eigenvalue weighted by Crippen LogP contribution is 2.24. The number of pyridine rings is 1. The summed E-state index contributed by atoms with van der Waals surface area (Å²) < 4.78 is 1.43. The highest BCUT2D eigenvalue weighted by atomic mass is 35.5. The predicted molar refractivity (Wildman–Crippen MR) is 89.5 cm³/mol. The number of halogens is 1. The molecule has 1 aromatic heterocycles. The Bertz CT molecular complexity index is 759. The van der Waals surface area contributed by atoms with E-state index in [1.165, 1.54) is 10.6 Å². The second-order valence-corrected chi connectivity index (χ2v) is 5.97. The normalized spacial score (nSPS) is 18.0. The second kappa shape index (κ2) is 6.98. The van der Waals surface area contributed by atoms with Crippen molar-refractivity contribution in [3.63, 3.8) is 0 Å². The molecule has 0 saturated carbocycles. The molecule has 1 atom stereocenters. The Labute approximate surface area is 139 Å². The molecule has 0 spiro atoms. The summed E-state index contributed by atoms with van der Waals surface area (Å²) >= 11 is 6.07. The molecule has 120 valence electrons. The third-order valence-electron chi connectivity index (χ3n) is 4.00. The summed E-state index contributed by atoms with van der Waals surface area (Å²) in [5.74, 6) is -0.0650. The van der Waals surface area contributed by atoms with E-state index in [4.69, 9.17) is 11.6 Å². The number of benzene rings is 1. The molecule has 5 nitrogen and oxygen atoms in total. The van der Waals surface area contributed by atoms with Crippen LogP contribution in [-0.4, -0.2) is 35.0 Å². The minimum Gasteiger partial charge on any atom is -0.332 e. The standard InChI is InChI=1S/C17H18ClN3O2/c18-14-5-3-4-13(10-14)15-11-19-7-9-21(15)17(23)12-20-8-2-1-6-16(20)22/h1-6,8,10,15,19H,7,9,11-12H2. The summed E-state index contributed by atoms with van der Waals surface area (Å²) in [4.78, 5) is 26.3. The number of aromatic nitrogens is 1. The first-order chi connectivity index (χ1) is 11.1. The van der Waals surface area contributed by atoms with Crippen molar-refractivity contribution in [3.05, 3.63) is 69.6 Å². The fourth-order valence-electron chi connectivity index (χ4n) is 2.84. The number of piperazine rings is 1. The van der Waals surface area contributed by atoms with E-state index >= 15 is 0 Å². The van der Waals surface area contributed by atoms with E-state index in [0.717, 1.165) is 12.1 Å². The Hall–Kier alpha value is -2.11. The van der Waals surface area contributed by atoms with Gasteiger partial charge in [0.15, 0.2) is 0 Å². The van der Waals surface area contributed by atoms with Gasteiger partial charge in [-0.25, -0.2) is 0 Å². The fraction of sp³-hybridized carbons (Fsp3) is 0.294. The Morgan fingerprint density at radius 2 is 2.13 bits per heavy atom. The van der Waals surface area contributed by atoms with Gasteiger partial charge < -0.3 is 14.8 Å². The number of nitrogens with zero attached hydrogens (tertiary/aromatic N) is 2. The second-order valence-electron chi connectivity index (χ2n) is 5.53. The summed E-state index contributed by atoms with van der Waals surface area (Å²) in [5, 5.41) is 3.96. The van der Waals surface area contributed by atoms with Crippen molar-refractivity contribution in [1.82, 2.24) is 14.8 Å². The van der Waals surface area contributed by atoms with Crippen molar-refractivity contribution >= 4 is 17.5 Å². The minimum atomic E-state index is -0.171. The van der Waals surface area contributed by atoms with Crippen molar-refractivity contribution in [3.8, 4) is 0 Å². The lowest BCUT2D eigenvalue weighted by molar-refractivity contribution is -0.135. The van der Waals surface area contributed by atoms with Gasteiger partial charge in [0.25, 0.3) is 5.56 Å². The van der Waals surface area contributed by atoms with Crippen molar-refractivity contribution in [1.29, 1.82) is 0 Å². The summed E-state index contributed by atoms with van der Waals surface area (Å²) in [7, 11) is 0. The van der Waals surface area contributed by atoms with Crippen LogP contribution in [0, 0.1) is 0 Å². The molecule has 2 heterocycles. The average molecular weight is 332 g/mol. The summed E-state index contributed by atoms with van der Waals surface area (Å²) in [5.41, 5.74) is 0.828. The van der Waals surface area contributed by atoms with Crippen molar-refractivity contribution in [2.24, 2.45) is 0 Å².